The molecule has 86 valence electrons. The Kier molecular flexibility index (Phi) is 2.94. The molecule has 1 aromatic rings. The van der Waals surface area contributed by atoms with Crippen molar-refractivity contribution in [1.82, 2.24) is 4.90 Å². The summed E-state index contributed by atoms with van der Waals surface area (Å²) in [5.41, 5.74) is 1.16. The van der Waals surface area contributed by atoms with E-state index in [2.05, 4.69) is 0 Å². The Morgan fingerprint density at radius 1 is 1.31 bits per heavy atom. The van der Waals surface area contributed by atoms with Gasteiger partial charge >= 0.3 is 6.09 Å². The maximum atomic E-state index is 10.7. The van der Waals surface area contributed by atoms with Crippen LogP contribution in [0.4, 0.5) is 4.79 Å². The summed E-state index contributed by atoms with van der Waals surface area (Å²) < 4.78 is 1.01. The van der Waals surface area contributed by atoms with Crippen LogP contribution >= 0.6 is 0 Å². The number of pyridine rings is 1. The number of aromatic nitrogens is 1. The van der Waals surface area contributed by atoms with E-state index in [0.29, 0.717) is 19.0 Å². The molecule has 0 radical (unpaired) electrons. The molecule has 0 atom stereocenters. The van der Waals surface area contributed by atoms with Crippen molar-refractivity contribution >= 4 is 6.09 Å². The molecule has 5 nitrogen and oxygen atoms in total. The van der Waals surface area contributed by atoms with Crippen molar-refractivity contribution in [3.8, 4) is 0 Å². The topological polar surface area (TPSA) is 64.7 Å². The molecule has 0 aromatic carbocycles. The standard InChI is InChI=1S/C11H14N2O3/c14-11(15)12-5-1-9(2-6-12)10-3-7-13(16)8-4-10/h3-4,7-9H,1-2,5-6H2,(H-,14,15,16)/p+1. The van der Waals surface area contributed by atoms with E-state index < -0.39 is 6.09 Å². The molecule has 5 heteroatoms. The van der Waals surface area contributed by atoms with Gasteiger partial charge in [0, 0.05) is 30.0 Å². The van der Waals surface area contributed by atoms with E-state index in [1.165, 1.54) is 4.90 Å². The summed E-state index contributed by atoms with van der Waals surface area (Å²) in [6.07, 6.45) is 4.06. The molecule has 16 heavy (non-hydrogen) atoms. The van der Waals surface area contributed by atoms with E-state index in [-0.39, 0.29) is 0 Å². The van der Waals surface area contributed by atoms with Crippen LogP contribution in [-0.4, -0.2) is 34.4 Å². The van der Waals surface area contributed by atoms with Crippen LogP contribution in [0.3, 0.4) is 0 Å². The van der Waals surface area contributed by atoms with Gasteiger partial charge < -0.3 is 10.0 Å². The zero-order valence-corrected chi connectivity index (χ0v) is 8.91. The molecular weight excluding hydrogens is 208 g/mol. The van der Waals surface area contributed by atoms with Crippen LogP contribution in [-0.2, 0) is 0 Å². The predicted molar refractivity (Wildman–Crippen MR) is 55.4 cm³/mol. The normalized spacial score (nSPS) is 17.4. The lowest BCUT2D eigenvalue weighted by Gasteiger charge is -2.29. The number of likely N-dealkylation sites (tertiary alicyclic amines) is 1. The molecule has 2 N–H and O–H groups in total. The number of rotatable bonds is 1. The summed E-state index contributed by atoms with van der Waals surface area (Å²) in [6.45, 7) is 1.18. The number of hydrogen-bond acceptors (Lipinski definition) is 2. The predicted octanol–water partition coefficient (Wildman–Crippen LogP) is 1.07. The number of amides is 1. The smallest absolute Gasteiger partial charge is 0.407 e. The Hall–Kier alpha value is -1.78. The third-order valence-electron chi connectivity index (χ3n) is 3.08. The summed E-state index contributed by atoms with van der Waals surface area (Å²) in [6, 6.07) is 3.75. The van der Waals surface area contributed by atoms with Gasteiger partial charge in [-0.1, -0.05) is 0 Å². The van der Waals surface area contributed by atoms with Gasteiger partial charge in [0.05, 0.1) is 0 Å². The van der Waals surface area contributed by atoms with Crippen molar-refractivity contribution in [2.24, 2.45) is 0 Å². The average Bonchev–Trinajstić information content (AvgIpc) is 2.30. The van der Waals surface area contributed by atoms with Crippen LogP contribution in [0, 0.1) is 0 Å². The summed E-state index contributed by atoms with van der Waals surface area (Å²) >= 11 is 0. The third-order valence-corrected chi connectivity index (χ3v) is 3.08. The highest BCUT2D eigenvalue weighted by atomic mass is 16.5. The van der Waals surface area contributed by atoms with E-state index >= 15 is 0 Å². The van der Waals surface area contributed by atoms with Crippen LogP contribution in [0.15, 0.2) is 24.5 Å². The van der Waals surface area contributed by atoms with E-state index in [1.54, 1.807) is 12.4 Å². The molecule has 0 saturated carbocycles. The second-order valence-electron chi connectivity index (χ2n) is 4.06. The van der Waals surface area contributed by atoms with Crippen molar-refractivity contribution in [1.29, 1.82) is 0 Å². The van der Waals surface area contributed by atoms with Gasteiger partial charge in [0.15, 0.2) is 0 Å². The van der Waals surface area contributed by atoms with Crippen LogP contribution in [0.2, 0.25) is 0 Å². The molecule has 1 aliphatic rings. The minimum Gasteiger partial charge on any atom is -0.465 e. The third kappa shape index (κ3) is 2.24. The van der Waals surface area contributed by atoms with Crippen LogP contribution < -0.4 is 4.73 Å². The van der Waals surface area contributed by atoms with E-state index in [9.17, 15) is 4.79 Å². The second-order valence-corrected chi connectivity index (χ2v) is 4.06. The Morgan fingerprint density at radius 3 is 2.38 bits per heavy atom. The molecule has 0 unspecified atom stereocenters. The number of hydrogen-bond donors (Lipinski definition) is 2. The second kappa shape index (κ2) is 4.38. The average molecular weight is 223 g/mol. The van der Waals surface area contributed by atoms with Gasteiger partial charge in [-0.15, -0.1) is 0 Å². The van der Waals surface area contributed by atoms with Gasteiger partial charge in [0.25, 0.3) is 0 Å². The molecule has 1 aromatic heterocycles. The first-order valence-corrected chi connectivity index (χ1v) is 5.35. The number of piperidine rings is 1. The van der Waals surface area contributed by atoms with Gasteiger partial charge in [-0.25, -0.2) is 4.79 Å². The van der Waals surface area contributed by atoms with Crippen molar-refractivity contribution in [2.45, 2.75) is 18.8 Å². The molecular formula is C11H15N2O3+. The molecule has 2 heterocycles. The number of carbonyl (C=O) groups is 1. The Balaban J connectivity index is 1.99. The Bertz CT molecular complexity index is 369. The van der Waals surface area contributed by atoms with Crippen molar-refractivity contribution < 1.29 is 19.8 Å². The van der Waals surface area contributed by atoms with Crippen LogP contribution in [0.1, 0.15) is 24.3 Å². The first-order chi connectivity index (χ1) is 7.66. The first kappa shape index (κ1) is 10.7. The number of carboxylic acid groups (broad SMARTS) is 1. The van der Waals surface area contributed by atoms with Gasteiger partial charge in [-0.2, -0.15) is 0 Å². The fraction of sp³-hybridized carbons (Fsp3) is 0.455. The molecule has 1 saturated heterocycles. The van der Waals surface area contributed by atoms with Gasteiger partial charge in [-0.3, -0.25) is 5.21 Å². The van der Waals surface area contributed by atoms with Gasteiger partial charge in [0.1, 0.15) is 0 Å². The monoisotopic (exact) mass is 223 g/mol. The summed E-state index contributed by atoms with van der Waals surface area (Å²) in [5, 5.41) is 17.9. The highest BCUT2D eigenvalue weighted by molar-refractivity contribution is 5.65. The molecule has 0 bridgehead atoms. The van der Waals surface area contributed by atoms with Gasteiger partial charge in [0.2, 0.25) is 12.4 Å². The van der Waals surface area contributed by atoms with Gasteiger partial charge in [-0.05, 0) is 24.3 Å². The Labute approximate surface area is 93.5 Å². The fourth-order valence-corrected chi connectivity index (χ4v) is 2.11. The van der Waals surface area contributed by atoms with E-state index in [1.807, 2.05) is 12.1 Å². The van der Waals surface area contributed by atoms with Crippen LogP contribution in [0.25, 0.3) is 0 Å². The molecule has 2 rings (SSSR count). The highest BCUT2D eigenvalue weighted by Gasteiger charge is 2.23. The largest absolute Gasteiger partial charge is 0.465 e. The van der Waals surface area contributed by atoms with Crippen LogP contribution in [0.5, 0.6) is 0 Å². The number of nitrogens with zero attached hydrogens (tertiary/aromatic N) is 2. The first-order valence-electron chi connectivity index (χ1n) is 5.35. The molecule has 0 aliphatic carbocycles. The SMILES string of the molecule is O=C(O)N1CCC(c2cc[n+](O)cc2)CC1. The van der Waals surface area contributed by atoms with Crippen molar-refractivity contribution in [2.75, 3.05) is 13.1 Å². The molecule has 0 spiro atoms. The zero-order valence-electron chi connectivity index (χ0n) is 8.91. The quantitative estimate of drug-likeness (QED) is 0.553. The minimum absolute atomic E-state index is 0.400. The lowest BCUT2D eigenvalue weighted by atomic mass is 9.90. The molecule has 1 amide bonds. The summed E-state index contributed by atoms with van der Waals surface area (Å²) in [4.78, 5) is 12.2. The fourth-order valence-electron chi connectivity index (χ4n) is 2.11. The van der Waals surface area contributed by atoms with E-state index in [4.69, 9.17) is 10.3 Å². The lowest BCUT2D eigenvalue weighted by Crippen LogP contribution is -2.37. The highest BCUT2D eigenvalue weighted by Crippen LogP contribution is 2.27. The molecule has 1 fully saturated rings. The van der Waals surface area contributed by atoms with E-state index in [0.717, 1.165) is 23.1 Å². The maximum absolute atomic E-state index is 10.7. The maximum Gasteiger partial charge on any atom is 0.407 e. The molecule has 1 aliphatic heterocycles. The lowest BCUT2D eigenvalue weighted by molar-refractivity contribution is -0.904. The van der Waals surface area contributed by atoms with Crippen molar-refractivity contribution in [3.63, 3.8) is 0 Å². The summed E-state index contributed by atoms with van der Waals surface area (Å²) in [7, 11) is 0. The minimum atomic E-state index is -0.834. The zero-order chi connectivity index (χ0) is 11.5. The Morgan fingerprint density at radius 2 is 1.88 bits per heavy atom. The summed E-state index contributed by atoms with van der Waals surface area (Å²) in [5.74, 6) is 0.400. The van der Waals surface area contributed by atoms with Crippen molar-refractivity contribution in [3.05, 3.63) is 30.1 Å².